The molecule has 0 aliphatic rings. The van der Waals surface area contributed by atoms with Crippen LogP contribution in [0.4, 0.5) is 0 Å². The zero-order chi connectivity index (χ0) is 11.1. The molecule has 15 heavy (non-hydrogen) atoms. The molecule has 0 fully saturated rings. The Labute approximate surface area is 92.1 Å². The van der Waals surface area contributed by atoms with Crippen molar-refractivity contribution in [3.05, 3.63) is 23.3 Å². The zero-order valence-corrected chi connectivity index (χ0v) is 9.79. The molecule has 0 saturated carbocycles. The van der Waals surface area contributed by atoms with Gasteiger partial charge in [-0.2, -0.15) is 0 Å². The predicted octanol–water partition coefficient (Wildman–Crippen LogP) is 2.16. The summed E-state index contributed by atoms with van der Waals surface area (Å²) in [5.74, 6) is 0.881. The second-order valence-corrected chi connectivity index (χ2v) is 4.00. The highest BCUT2D eigenvalue weighted by atomic mass is 14.9. The van der Waals surface area contributed by atoms with Gasteiger partial charge in [0.25, 0.3) is 0 Å². The van der Waals surface area contributed by atoms with Gasteiger partial charge in [0.2, 0.25) is 0 Å². The van der Waals surface area contributed by atoms with Gasteiger partial charge in [0.05, 0.1) is 0 Å². The van der Waals surface area contributed by atoms with Gasteiger partial charge in [-0.25, -0.2) is 9.97 Å². The van der Waals surface area contributed by atoms with Crippen LogP contribution < -0.4 is 5.73 Å². The van der Waals surface area contributed by atoms with E-state index in [0.717, 1.165) is 30.9 Å². The third-order valence-electron chi connectivity index (χ3n) is 2.41. The lowest BCUT2D eigenvalue weighted by atomic mass is 10.1. The Hall–Kier alpha value is -0.960. The van der Waals surface area contributed by atoms with Gasteiger partial charge < -0.3 is 5.73 Å². The van der Waals surface area contributed by atoms with Crippen molar-refractivity contribution in [2.45, 2.75) is 46.0 Å². The standard InChI is InChI=1S/C12H21N3/c1-10-9-12(15-11(2)14-10)7-5-3-4-6-8-13/h9H,3-8,13H2,1-2H3. The van der Waals surface area contributed by atoms with Gasteiger partial charge in [0.15, 0.2) is 0 Å². The molecule has 84 valence electrons. The van der Waals surface area contributed by atoms with Gasteiger partial charge in [-0.05, 0) is 45.7 Å². The number of hydrogen-bond acceptors (Lipinski definition) is 3. The third kappa shape index (κ3) is 4.88. The van der Waals surface area contributed by atoms with Crippen LogP contribution in [0.2, 0.25) is 0 Å². The van der Waals surface area contributed by atoms with E-state index >= 15 is 0 Å². The van der Waals surface area contributed by atoms with Crippen LogP contribution in [-0.2, 0) is 6.42 Å². The fourth-order valence-electron chi connectivity index (χ4n) is 1.73. The molecule has 0 aromatic carbocycles. The average Bonchev–Trinajstić information content (AvgIpc) is 2.16. The first-order valence-electron chi connectivity index (χ1n) is 5.73. The monoisotopic (exact) mass is 207 g/mol. The molecule has 0 aliphatic carbocycles. The number of hydrogen-bond donors (Lipinski definition) is 1. The van der Waals surface area contributed by atoms with Crippen LogP contribution in [-0.4, -0.2) is 16.5 Å². The molecule has 0 unspecified atom stereocenters. The molecular weight excluding hydrogens is 186 g/mol. The molecule has 0 bridgehead atoms. The Kier molecular flexibility index (Phi) is 5.26. The lowest BCUT2D eigenvalue weighted by molar-refractivity contribution is 0.640. The summed E-state index contributed by atoms with van der Waals surface area (Å²) in [5.41, 5.74) is 7.68. The summed E-state index contributed by atoms with van der Waals surface area (Å²) in [6, 6.07) is 2.08. The summed E-state index contributed by atoms with van der Waals surface area (Å²) in [6.07, 6.45) is 5.89. The van der Waals surface area contributed by atoms with Crippen molar-refractivity contribution in [1.82, 2.24) is 9.97 Å². The average molecular weight is 207 g/mol. The van der Waals surface area contributed by atoms with Crippen LogP contribution in [0, 0.1) is 13.8 Å². The largest absolute Gasteiger partial charge is 0.330 e. The van der Waals surface area contributed by atoms with Crippen molar-refractivity contribution in [3.63, 3.8) is 0 Å². The fraction of sp³-hybridized carbons (Fsp3) is 0.667. The second kappa shape index (κ2) is 6.51. The number of aromatic nitrogens is 2. The van der Waals surface area contributed by atoms with Crippen LogP contribution in [0.1, 0.15) is 42.9 Å². The van der Waals surface area contributed by atoms with Gasteiger partial charge in [0, 0.05) is 11.4 Å². The minimum Gasteiger partial charge on any atom is -0.330 e. The molecule has 0 radical (unpaired) electrons. The number of nitrogens with zero attached hydrogens (tertiary/aromatic N) is 2. The molecule has 0 spiro atoms. The van der Waals surface area contributed by atoms with Crippen molar-refractivity contribution in [2.75, 3.05) is 6.54 Å². The van der Waals surface area contributed by atoms with Crippen molar-refractivity contribution in [2.24, 2.45) is 5.73 Å². The highest BCUT2D eigenvalue weighted by Crippen LogP contribution is 2.07. The smallest absolute Gasteiger partial charge is 0.125 e. The van der Waals surface area contributed by atoms with Crippen LogP contribution in [0.5, 0.6) is 0 Å². The van der Waals surface area contributed by atoms with E-state index in [9.17, 15) is 0 Å². The van der Waals surface area contributed by atoms with E-state index < -0.39 is 0 Å². The predicted molar refractivity (Wildman–Crippen MR) is 62.7 cm³/mol. The minimum atomic E-state index is 0.811. The molecule has 1 heterocycles. The topological polar surface area (TPSA) is 51.8 Å². The van der Waals surface area contributed by atoms with Gasteiger partial charge in [-0.1, -0.05) is 12.8 Å². The van der Waals surface area contributed by atoms with E-state index in [1.807, 2.05) is 13.8 Å². The molecule has 0 amide bonds. The van der Waals surface area contributed by atoms with Gasteiger partial charge in [-0.15, -0.1) is 0 Å². The van der Waals surface area contributed by atoms with E-state index in [2.05, 4.69) is 16.0 Å². The van der Waals surface area contributed by atoms with E-state index in [4.69, 9.17) is 5.73 Å². The number of rotatable bonds is 6. The summed E-state index contributed by atoms with van der Waals surface area (Å²) >= 11 is 0. The molecule has 2 N–H and O–H groups in total. The molecule has 1 aromatic rings. The first kappa shape index (κ1) is 12.1. The summed E-state index contributed by atoms with van der Waals surface area (Å²) < 4.78 is 0. The van der Waals surface area contributed by atoms with Crippen molar-refractivity contribution < 1.29 is 0 Å². The molecule has 1 rings (SSSR count). The summed E-state index contributed by atoms with van der Waals surface area (Å²) in [4.78, 5) is 8.68. The maximum Gasteiger partial charge on any atom is 0.125 e. The lowest BCUT2D eigenvalue weighted by Crippen LogP contribution is -1.99. The highest BCUT2D eigenvalue weighted by molar-refractivity contribution is 5.09. The number of unbranched alkanes of at least 4 members (excludes halogenated alkanes) is 3. The molecule has 1 aromatic heterocycles. The summed E-state index contributed by atoms with van der Waals surface area (Å²) in [7, 11) is 0. The second-order valence-electron chi connectivity index (χ2n) is 4.00. The van der Waals surface area contributed by atoms with Gasteiger partial charge in [0.1, 0.15) is 5.82 Å². The van der Waals surface area contributed by atoms with E-state index in [1.165, 1.54) is 25.0 Å². The van der Waals surface area contributed by atoms with Crippen LogP contribution in [0.15, 0.2) is 6.07 Å². The Morgan fingerprint density at radius 1 is 1.07 bits per heavy atom. The highest BCUT2D eigenvalue weighted by Gasteiger charge is 1.98. The lowest BCUT2D eigenvalue weighted by Gasteiger charge is -2.03. The number of nitrogens with two attached hydrogens (primary N) is 1. The molecular formula is C12H21N3. The molecule has 0 saturated heterocycles. The summed E-state index contributed by atoms with van der Waals surface area (Å²) in [6.45, 7) is 4.78. The quantitative estimate of drug-likeness (QED) is 0.727. The summed E-state index contributed by atoms with van der Waals surface area (Å²) in [5, 5.41) is 0. The van der Waals surface area contributed by atoms with Crippen molar-refractivity contribution in [1.29, 1.82) is 0 Å². The maximum atomic E-state index is 5.44. The van der Waals surface area contributed by atoms with Crippen molar-refractivity contribution >= 4 is 0 Å². The van der Waals surface area contributed by atoms with Crippen molar-refractivity contribution in [3.8, 4) is 0 Å². The molecule has 3 heteroatoms. The SMILES string of the molecule is Cc1cc(CCCCCCN)nc(C)n1. The van der Waals surface area contributed by atoms with Crippen LogP contribution in [0.3, 0.4) is 0 Å². The van der Waals surface area contributed by atoms with E-state index in [0.29, 0.717) is 0 Å². The molecule has 3 nitrogen and oxygen atoms in total. The number of aryl methyl sites for hydroxylation is 3. The minimum absolute atomic E-state index is 0.811. The van der Waals surface area contributed by atoms with E-state index in [1.54, 1.807) is 0 Å². The Morgan fingerprint density at radius 3 is 2.47 bits per heavy atom. The fourth-order valence-corrected chi connectivity index (χ4v) is 1.73. The first-order chi connectivity index (χ1) is 7.22. The van der Waals surface area contributed by atoms with E-state index in [-0.39, 0.29) is 0 Å². The Balaban J connectivity index is 2.31. The maximum absolute atomic E-state index is 5.44. The normalized spacial score (nSPS) is 10.6. The van der Waals surface area contributed by atoms with Gasteiger partial charge >= 0.3 is 0 Å². The Bertz CT molecular complexity index is 277. The van der Waals surface area contributed by atoms with Crippen LogP contribution in [0.25, 0.3) is 0 Å². The first-order valence-corrected chi connectivity index (χ1v) is 5.73. The van der Waals surface area contributed by atoms with Gasteiger partial charge in [-0.3, -0.25) is 0 Å². The third-order valence-corrected chi connectivity index (χ3v) is 2.41. The molecule has 0 atom stereocenters. The Morgan fingerprint density at radius 2 is 1.80 bits per heavy atom. The zero-order valence-electron chi connectivity index (χ0n) is 9.79. The van der Waals surface area contributed by atoms with Crippen LogP contribution >= 0.6 is 0 Å². The molecule has 0 aliphatic heterocycles.